The number of rotatable bonds is 6. The second-order valence-corrected chi connectivity index (χ2v) is 5.87. The number of urea groups is 1. The molecule has 0 radical (unpaired) electrons. The van der Waals surface area contributed by atoms with Gasteiger partial charge in [0.15, 0.2) is 5.82 Å². The third-order valence-electron chi connectivity index (χ3n) is 4.07. The van der Waals surface area contributed by atoms with Gasteiger partial charge >= 0.3 is 6.03 Å². The predicted octanol–water partition coefficient (Wildman–Crippen LogP) is 1.10. The molecule has 0 saturated carbocycles. The lowest BCUT2D eigenvalue weighted by molar-refractivity contribution is 0.214. The van der Waals surface area contributed by atoms with Crippen molar-refractivity contribution in [3.8, 4) is 11.8 Å². The zero-order valence-electron chi connectivity index (χ0n) is 13.7. The van der Waals surface area contributed by atoms with Gasteiger partial charge in [0.1, 0.15) is 23.5 Å². The molecule has 0 unspecified atom stereocenters. The maximum absolute atomic E-state index is 11.8. The van der Waals surface area contributed by atoms with Crippen LogP contribution < -0.4 is 21.1 Å². The highest BCUT2D eigenvalue weighted by Crippen LogP contribution is 2.27. The van der Waals surface area contributed by atoms with Crippen molar-refractivity contribution in [1.29, 1.82) is 5.26 Å². The first-order valence-corrected chi connectivity index (χ1v) is 8.16. The number of nitriles is 1. The number of aromatic nitrogens is 2. The lowest BCUT2D eigenvalue weighted by Gasteiger charge is -2.12. The number of amides is 2. The Morgan fingerprint density at radius 1 is 1.44 bits per heavy atom. The lowest BCUT2D eigenvalue weighted by atomic mass is 10.1. The number of ether oxygens (including phenoxy) is 1. The molecule has 2 heterocycles. The van der Waals surface area contributed by atoms with Gasteiger partial charge in [0, 0.05) is 13.0 Å². The third-order valence-corrected chi connectivity index (χ3v) is 4.07. The zero-order valence-corrected chi connectivity index (χ0v) is 13.7. The van der Waals surface area contributed by atoms with Gasteiger partial charge in [-0.1, -0.05) is 18.2 Å². The number of fused-ring (bicyclic) bond motifs is 1. The normalized spacial score (nSPS) is 15.1. The molecular weight excluding hydrogens is 320 g/mol. The standard InChI is InChI=1S/C17H20N6O2/c18-9-13-14(22-23-16(13)19)5-3-7-20-17(24)21-10-12-8-11-4-1-2-6-15(11)25-12/h1-2,4,6,12H,3,5,7-8,10H2,(H3,19,22,23)(H2,20,21,24)/t12-/m0/s1. The molecule has 0 fully saturated rings. The Labute approximate surface area is 145 Å². The molecule has 0 aliphatic carbocycles. The molecule has 1 aromatic heterocycles. The summed E-state index contributed by atoms with van der Waals surface area (Å²) in [6.07, 6.45) is 2.03. The summed E-state index contributed by atoms with van der Waals surface area (Å²) < 4.78 is 5.77. The van der Waals surface area contributed by atoms with Crippen LogP contribution >= 0.6 is 0 Å². The quantitative estimate of drug-likeness (QED) is 0.585. The molecule has 3 rings (SSSR count). The highest BCUT2D eigenvalue weighted by molar-refractivity contribution is 5.73. The summed E-state index contributed by atoms with van der Waals surface area (Å²) in [4.78, 5) is 11.8. The van der Waals surface area contributed by atoms with Crippen LogP contribution in [-0.2, 0) is 12.8 Å². The van der Waals surface area contributed by atoms with E-state index in [0.717, 1.165) is 12.2 Å². The monoisotopic (exact) mass is 340 g/mol. The second-order valence-electron chi connectivity index (χ2n) is 5.87. The number of nitrogens with two attached hydrogens (primary N) is 1. The first-order valence-electron chi connectivity index (χ1n) is 8.16. The first kappa shape index (κ1) is 16.6. The van der Waals surface area contributed by atoms with Crippen LogP contribution in [0.2, 0.25) is 0 Å². The molecule has 1 aliphatic heterocycles. The fraction of sp³-hybridized carbons (Fsp3) is 0.353. The van der Waals surface area contributed by atoms with Gasteiger partial charge in [0.2, 0.25) is 0 Å². The molecule has 8 heteroatoms. The Morgan fingerprint density at radius 2 is 2.28 bits per heavy atom. The van der Waals surface area contributed by atoms with Gasteiger partial charge < -0.3 is 21.1 Å². The number of hydrogen-bond acceptors (Lipinski definition) is 5. The van der Waals surface area contributed by atoms with Gasteiger partial charge in [-0.2, -0.15) is 10.4 Å². The van der Waals surface area contributed by atoms with Crippen LogP contribution in [-0.4, -0.2) is 35.4 Å². The van der Waals surface area contributed by atoms with E-state index in [9.17, 15) is 4.79 Å². The Kier molecular flexibility index (Phi) is 5.04. The number of H-pyrrole nitrogens is 1. The van der Waals surface area contributed by atoms with E-state index in [-0.39, 0.29) is 18.0 Å². The number of anilines is 1. The minimum absolute atomic E-state index is 0.0331. The minimum atomic E-state index is -0.232. The van der Waals surface area contributed by atoms with Crippen molar-refractivity contribution in [2.45, 2.75) is 25.4 Å². The van der Waals surface area contributed by atoms with Gasteiger partial charge in [-0.15, -0.1) is 0 Å². The van der Waals surface area contributed by atoms with E-state index in [1.165, 1.54) is 5.56 Å². The summed E-state index contributed by atoms with van der Waals surface area (Å²) in [7, 11) is 0. The van der Waals surface area contributed by atoms with Gasteiger partial charge in [-0.3, -0.25) is 5.10 Å². The number of nitrogens with zero attached hydrogens (tertiary/aromatic N) is 2. The number of nitrogen functional groups attached to an aromatic ring is 1. The van der Waals surface area contributed by atoms with Crippen molar-refractivity contribution in [2.24, 2.45) is 0 Å². The molecule has 1 aliphatic rings. The van der Waals surface area contributed by atoms with Crippen molar-refractivity contribution >= 4 is 11.8 Å². The van der Waals surface area contributed by atoms with Crippen molar-refractivity contribution in [3.05, 3.63) is 41.1 Å². The molecule has 1 aromatic carbocycles. The lowest BCUT2D eigenvalue weighted by Crippen LogP contribution is -2.41. The molecular formula is C17H20N6O2. The Hall–Kier alpha value is -3.21. The van der Waals surface area contributed by atoms with E-state index in [1.54, 1.807) is 0 Å². The Bertz CT molecular complexity index is 770. The van der Waals surface area contributed by atoms with Gasteiger partial charge in [0.25, 0.3) is 0 Å². The summed E-state index contributed by atoms with van der Waals surface area (Å²) >= 11 is 0. The number of carbonyl (C=O) groups is 1. The number of aryl methyl sites for hydroxylation is 1. The van der Waals surface area contributed by atoms with Crippen LogP contribution in [0.25, 0.3) is 0 Å². The summed E-state index contributed by atoms with van der Waals surface area (Å²) in [5.74, 6) is 1.10. The molecule has 0 spiro atoms. The van der Waals surface area contributed by atoms with E-state index in [0.29, 0.717) is 37.2 Å². The number of hydrogen-bond donors (Lipinski definition) is 4. The minimum Gasteiger partial charge on any atom is -0.488 e. The van der Waals surface area contributed by atoms with E-state index in [2.05, 4.69) is 20.8 Å². The van der Waals surface area contributed by atoms with Crippen LogP contribution in [0.15, 0.2) is 24.3 Å². The van der Waals surface area contributed by atoms with Crippen LogP contribution in [0.3, 0.4) is 0 Å². The highest BCUT2D eigenvalue weighted by atomic mass is 16.5. The molecule has 0 bridgehead atoms. The van der Waals surface area contributed by atoms with Crippen LogP contribution in [0.4, 0.5) is 10.6 Å². The molecule has 25 heavy (non-hydrogen) atoms. The first-order chi connectivity index (χ1) is 12.2. The fourth-order valence-corrected chi connectivity index (χ4v) is 2.80. The second kappa shape index (κ2) is 7.57. The van der Waals surface area contributed by atoms with Gasteiger partial charge in [-0.25, -0.2) is 4.79 Å². The average molecular weight is 340 g/mol. The smallest absolute Gasteiger partial charge is 0.314 e. The maximum Gasteiger partial charge on any atom is 0.314 e. The van der Waals surface area contributed by atoms with Crippen molar-refractivity contribution in [2.75, 3.05) is 18.8 Å². The van der Waals surface area contributed by atoms with Crippen molar-refractivity contribution in [3.63, 3.8) is 0 Å². The number of para-hydroxylation sites is 1. The molecule has 1 atom stereocenters. The Balaban J connectivity index is 1.33. The average Bonchev–Trinajstić information content (AvgIpc) is 3.19. The summed E-state index contributed by atoms with van der Waals surface area (Å²) in [6, 6.07) is 9.68. The summed E-state index contributed by atoms with van der Waals surface area (Å²) in [6.45, 7) is 0.942. The topological polar surface area (TPSA) is 129 Å². The SMILES string of the molecule is N#Cc1c(N)n[nH]c1CCCNC(=O)NC[C@@H]1Cc2ccccc2O1. The van der Waals surface area contributed by atoms with E-state index < -0.39 is 0 Å². The molecule has 130 valence electrons. The van der Waals surface area contributed by atoms with Crippen LogP contribution in [0.5, 0.6) is 5.75 Å². The van der Waals surface area contributed by atoms with Crippen LogP contribution in [0, 0.1) is 11.3 Å². The predicted molar refractivity (Wildman–Crippen MR) is 92.0 cm³/mol. The van der Waals surface area contributed by atoms with Crippen LogP contribution in [0.1, 0.15) is 23.2 Å². The van der Waals surface area contributed by atoms with Gasteiger partial charge in [-0.05, 0) is 24.5 Å². The van der Waals surface area contributed by atoms with Crippen molar-refractivity contribution in [1.82, 2.24) is 20.8 Å². The summed E-state index contributed by atoms with van der Waals surface area (Å²) in [5, 5.41) is 21.1. The number of aromatic amines is 1. The van der Waals surface area contributed by atoms with Crippen molar-refractivity contribution < 1.29 is 9.53 Å². The van der Waals surface area contributed by atoms with E-state index in [1.807, 2.05) is 30.3 Å². The maximum atomic E-state index is 11.8. The molecule has 8 nitrogen and oxygen atoms in total. The Morgan fingerprint density at radius 3 is 3.08 bits per heavy atom. The molecule has 5 N–H and O–H groups in total. The number of carbonyl (C=O) groups excluding carboxylic acids is 1. The number of benzene rings is 1. The molecule has 2 amide bonds. The molecule has 2 aromatic rings. The van der Waals surface area contributed by atoms with Gasteiger partial charge in [0.05, 0.1) is 12.2 Å². The van der Waals surface area contributed by atoms with E-state index in [4.69, 9.17) is 15.7 Å². The highest BCUT2D eigenvalue weighted by Gasteiger charge is 2.22. The zero-order chi connectivity index (χ0) is 17.6. The largest absolute Gasteiger partial charge is 0.488 e. The third kappa shape index (κ3) is 4.01. The fourth-order valence-electron chi connectivity index (χ4n) is 2.80. The van der Waals surface area contributed by atoms with E-state index >= 15 is 0 Å². The summed E-state index contributed by atoms with van der Waals surface area (Å²) in [5.41, 5.74) is 7.82. The molecule has 0 saturated heterocycles. The number of nitrogens with one attached hydrogen (secondary N) is 3.